The van der Waals surface area contributed by atoms with Gasteiger partial charge in [-0.1, -0.05) is 13.0 Å². The quantitative estimate of drug-likeness (QED) is 0.564. The van der Waals surface area contributed by atoms with Gasteiger partial charge in [-0.3, -0.25) is 9.59 Å². The molecule has 8 nitrogen and oxygen atoms in total. The van der Waals surface area contributed by atoms with Crippen LogP contribution in [0.1, 0.15) is 37.6 Å². The van der Waals surface area contributed by atoms with E-state index in [1.54, 1.807) is 43.5 Å². The van der Waals surface area contributed by atoms with E-state index >= 15 is 0 Å². The van der Waals surface area contributed by atoms with E-state index in [9.17, 15) is 14.4 Å². The van der Waals surface area contributed by atoms with Crippen LogP contribution >= 0.6 is 0 Å². The van der Waals surface area contributed by atoms with E-state index in [4.69, 9.17) is 14.2 Å². The smallest absolute Gasteiger partial charge is 0.338 e. The van der Waals surface area contributed by atoms with E-state index in [1.165, 1.54) is 12.1 Å². The zero-order valence-corrected chi connectivity index (χ0v) is 18.2. The van der Waals surface area contributed by atoms with Gasteiger partial charge in [-0.2, -0.15) is 0 Å². The second-order valence-electron chi connectivity index (χ2n) is 7.45. The monoisotopic (exact) mass is 428 g/mol. The van der Waals surface area contributed by atoms with Crippen LogP contribution in [0.25, 0.3) is 0 Å². The first-order valence-corrected chi connectivity index (χ1v) is 9.87. The van der Waals surface area contributed by atoms with Crippen LogP contribution in [0.3, 0.4) is 0 Å². The minimum Gasteiger partial charge on any atom is -0.497 e. The number of hydrogen-bond acceptors (Lipinski definition) is 6. The van der Waals surface area contributed by atoms with Gasteiger partial charge >= 0.3 is 5.97 Å². The summed E-state index contributed by atoms with van der Waals surface area (Å²) in [7, 11) is 1.55. The number of carbonyl (C=O) groups excluding carboxylic acids is 3. The Hall–Kier alpha value is -3.55. The van der Waals surface area contributed by atoms with Gasteiger partial charge in [0, 0.05) is 17.3 Å². The van der Waals surface area contributed by atoms with Crippen molar-refractivity contribution in [1.82, 2.24) is 5.32 Å². The lowest BCUT2D eigenvalue weighted by Gasteiger charge is -2.24. The SMILES string of the molecule is CCC(C)(C)NC(=O)COC(=O)c1ccc(OCC(=O)Nc2cccc(OC)c2)cc1. The molecule has 0 bridgehead atoms. The van der Waals surface area contributed by atoms with Gasteiger partial charge in [0.2, 0.25) is 0 Å². The molecule has 0 radical (unpaired) electrons. The molecule has 166 valence electrons. The average molecular weight is 428 g/mol. The predicted octanol–water partition coefficient (Wildman–Crippen LogP) is 3.17. The lowest BCUT2D eigenvalue weighted by molar-refractivity contribution is -0.125. The van der Waals surface area contributed by atoms with Crippen molar-refractivity contribution in [3.63, 3.8) is 0 Å². The topological polar surface area (TPSA) is 103 Å². The third kappa shape index (κ3) is 8.00. The maximum atomic E-state index is 12.1. The van der Waals surface area contributed by atoms with Gasteiger partial charge < -0.3 is 24.8 Å². The molecular weight excluding hydrogens is 400 g/mol. The highest BCUT2D eigenvalue weighted by atomic mass is 16.5. The molecule has 0 aliphatic heterocycles. The Kier molecular flexibility index (Phi) is 8.43. The molecule has 2 amide bonds. The Morgan fingerprint density at radius 1 is 0.935 bits per heavy atom. The number of benzene rings is 2. The Bertz CT molecular complexity index is 909. The van der Waals surface area contributed by atoms with Crippen LogP contribution in [0.4, 0.5) is 5.69 Å². The van der Waals surface area contributed by atoms with Crippen molar-refractivity contribution in [2.75, 3.05) is 25.6 Å². The van der Waals surface area contributed by atoms with Gasteiger partial charge in [0.25, 0.3) is 11.8 Å². The largest absolute Gasteiger partial charge is 0.497 e. The number of hydrogen-bond donors (Lipinski definition) is 2. The Labute approximate surface area is 181 Å². The van der Waals surface area contributed by atoms with Crippen LogP contribution in [-0.4, -0.2) is 43.6 Å². The number of amides is 2. The molecule has 2 aromatic rings. The van der Waals surface area contributed by atoms with Gasteiger partial charge in [0.15, 0.2) is 13.2 Å². The molecule has 0 saturated carbocycles. The second kappa shape index (κ2) is 11.0. The van der Waals surface area contributed by atoms with E-state index in [0.29, 0.717) is 17.2 Å². The molecule has 0 saturated heterocycles. The molecule has 0 unspecified atom stereocenters. The summed E-state index contributed by atoms with van der Waals surface area (Å²) in [5.41, 5.74) is 0.509. The van der Waals surface area contributed by atoms with Crippen LogP contribution in [-0.2, 0) is 14.3 Å². The predicted molar refractivity (Wildman–Crippen MR) is 116 cm³/mol. The number of ether oxygens (including phenoxy) is 3. The average Bonchev–Trinajstić information content (AvgIpc) is 2.76. The second-order valence-corrected chi connectivity index (χ2v) is 7.45. The summed E-state index contributed by atoms with van der Waals surface area (Å²) in [6.07, 6.45) is 0.756. The van der Waals surface area contributed by atoms with E-state index in [0.717, 1.165) is 6.42 Å². The van der Waals surface area contributed by atoms with Crippen molar-refractivity contribution in [1.29, 1.82) is 0 Å². The minimum absolute atomic E-state index is 0.200. The number of nitrogens with one attached hydrogen (secondary N) is 2. The van der Waals surface area contributed by atoms with Crippen molar-refractivity contribution in [2.24, 2.45) is 0 Å². The van der Waals surface area contributed by atoms with Crippen molar-refractivity contribution < 1.29 is 28.6 Å². The zero-order chi connectivity index (χ0) is 22.9. The molecule has 2 N–H and O–H groups in total. The summed E-state index contributed by atoms with van der Waals surface area (Å²) in [4.78, 5) is 36.0. The van der Waals surface area contributed by atoms with Crippen LogP contribution in [0.5, 0.6) is 11.5 Å². The molecule has 0 aliphatic carbocycles. The Morgan fingerprint density at radius 3 is 2.29 bits per heavy atom. The summed E-state index contributed by atoms with van der Waals surface area (Å²) < 4.78 is 15.6. The number of methoxy groups -OCH3 is 1. The van der Waals surface area contributed by atoms with E-state index in [-0.39, 0.29) is 36.1 Å². The first-order valence-electron chi connectivity index (χ1n) is 9.87. The molecule has 0 aliphatic rings. The van der Waals surface area contributed by atoms with Crippen LogP contribution < -0.4 is 20.1 Å². The maximum Gasteiger partial charge on any atom is 0.338 e. The van der Waals surface area contributed by atoms with Crippen LogP contribution in [0.2, 0.25) is 0 Å². The first-order chi connectivity index (χ1) is 14.7. The summed E-state index contributed by atoms with van der Waals surface area (Å²) in [6, 6.07) is 13.1. The van der Waals surface area contributed by atoms with Crippen molar-refractivity contribution in [3.05, 3.63) is 54.1 Å². The van der Waals surface area contributed by atoms with Crippen molar-refractivity contribution in [2.45, 2.75) is 32.7 Å². The molecule has 2 aromatic carbocycles. The van der Waals surface area contributed by atoms with Gasteiger partial charge in [-0.15, -0.1) is 0 Å². The summed E-state index contributed by atoms with van der Waals surface area (Å²) >= 11 is 0. The van der Waals surface area contributed by atoms with Gasteiger partial charge in [0.05, 0.1) is 12.7 Å². The molecule has 31 heavy (non-hydrogen) atoms. The number of carbonyl (C=O) groups is 3. The normalized spacial score (nSPS) is 10.7. The third-order valence-electron chi connectivity index (χ3n) is 4.51. The molecule has 0 atom stereocenters. The fourth-order valence-electron chi connectivity index (χ4n) is 2.45. The van der Waals surface area contributed by atoms with Gasteiger partial charge in [-0.05, 0) is 56.7 Å². The molecule has 8 heteroatoms. The van der Waals surface area contributed by atoms with E-state index < -0.39 is 5.97 Å². The summed E-state index contributed by atoms with van der Waals surface area (Å²) in [6.45, 7) is 5.18. The lowest BCUT2D eigenvalue weighted by atomic mass is 10.0. The number of esters is 1. The van der Waals surface area contributed by atoms with Crippen molar-refractivity contribution in [3.8, 4) is 11.5 Å². The molecular formula is C23H28N2O6. The standard InChI is InChI=1S/C23H28N2O6/c1-5-23(2,3)25-21(27)15-31-22(28)16-9-11-18(12-10-16)30-14-20(26)24-17-7-6-8-19(13-17)29-4/h6-13H,5,14-15H2,1-4H3,(H,24,26)(H,25,27). The highest BCUT2D eigenvalue weighted by Gasteiger charge is 2.19. The molecule has 2 rings (SSSR count). The number of rotatable bonds is 10. The highest BCUT2D eigenvalue weighted by Crippen LogP contribution is 2.17. The first kappa shape index (κ1) is 23.7. The summed E-state index contributed by atoms with van der Waals surface area (Å²) in [5.74, 6) is -0.265. The molecule has 0 fully saturated rings. The fourth-order valence-corrected chi connectivity index (χ4v) is 2.45. The zero-order valence-electron chi connectivity index (χ0n) is 18.2. The third-order valence-corrected chi connectivity index (χ3v) is 4.51. The van der Waals surface area contributed by atoms with E-state index in [1.807, 2.05) is 20.8 Å². The number of anilines is 1. The molecule has 0 aromatic heterocycles. The Balaban J connectivity index is 1.79. The highest BCUT2D eigenvalue weighted by molar-refractivity contribution is 5.92. The van der Waals surface area contributed by atoms with Crippen LogP contribution in [0, 0.1) is 0 Å². The maximum absolute atomic E-state index is 12.1. The minimum atomic E-state index is -0.619. The van der Waals surface area contributed by atoms with E-state index in [2.05, 4.69) is 10.6 Å². The lowest BCUT2D eigenvalue weighted by Crippen LogP contribution is -2.44. The van der Waals surface area contributed by atoms with Gasteiger partial charge in [0.1, 0.15) is 11.5 Å². The van der Waals surface area contributed by atoms with Crippen molar-refractivity contribution >= 4 is 23.5 Å². The van der Waals surface area contributed by atoms with Crippen LogP contribution in [0.15, 0.2) is 48.5 Å². The summed E-state index contributed by atoms with van der Waals surface area (Å²) in [5, 5.41) is 5.50. The fraction of sp³-hybridized carbons (Fsp3) is 0.348. The molecule has 0 heterocycles. The Morgan fingerprint density at radius 2 is 1.65 bits per heavy atom. The van der Waals surface area contributed by atoms with Gasteiger partial charge in [-0.25, -0.2) is 4.79 Å². The molecule has 0 spiro atoms.